The maximum absolute atomic E-state index is 12.9. The van der Waals surface area contributed by atoms with E-state index in [0.717, 1.165) is 34.0 Å². The van der Waals surface area contributed by atoms with E-state index >= 15 is 0 Å². The zero-order valence-electron chi connectivity index (χ0n) is 27.0. The van der Waals surface area contributed by atoms with Gasteiger partial charge in [0, 0.05) is 33.7 Å². The average molecular weight is 726 g/mol. The molecule has 0 aliphatic heterocycles. The van der Waals surface area contributed by atoms with Gasteiger partial charge in [-0.15, -0.1) is 0 Å². The summed E-state index contributed by atoms with van der Waals surface area (Å²) in [6.07, 6.45) is -4.62. The van der Waals surface area contributed by atoms with Crippen molar-refractivity contribution in [3.05, 3.63) is 102 Å². The predicted octanol–water partition coefficient (Wildman–Crippen LogP) is 9.63. The van der Waals surface area contributed by atoms with Crippen molar-refractivity contribution in [2.75, 3.05) is 14.2 Å². The number of hydrogen-bond acceptors (Lipinski definition) is 10. The minimum Gasteiger partial charge on any atom is -0.506 e. The van der Waals surface area contributed by atoms with E-state index in [1.807, 2.05) is 37.3 Å². The topological polar surface area (TPSA) is 156 Å². The molecule has 0 bridgehead atoms. The molecule has 0 atom stereocenters. The number of esters is 1. The number of pyridine rings is 2. The third kappa shape index (κ3) is 7.11. The molecule has 0 saturated carbocycles. The number of phenolic OH excluding ortho intramolecular Hbond substituents is 2. The van der Waals surface area contributed by atoms with Gasteiger partial charge in [0.05, 0.1) is 30.8 Å². The van der Waals surface area contributed by atoms with Crippen LogP contribution in [0.1, 0.15) is 36.6 Å². The van der Waals surface area contributed by atoms with E-state index < -0.39 is 17.8 Å². The number of H-pyrrole nitrogens is 1. The molecule has 0 radical (unpaired) electrons. The fraction of sp³-hybridized carbons (Fsp3) is 0.154. The van der Waals surface area contributed by atoms with Gasteiger partial charge in [-0.3, -0.25) is 0 Å². The van der Waals surface area contributed by atoms with Gasteiger partial charge < -0.3 is 29.1 Å². The van der Waals surface area contributed by atoms with Crippen molar-refractivity contribution in [1.29, 1.82) is 0 Å². The number of ether oxygens (including phenoxy) is 2. The zero-order valence-corrected chi connectivity index (χ0v) is 27.0. The molecule has 0 aliphatic carbocycles. The van der Waals surface area contributed by atoms with Crippen LogP contribution in [-0.2, 0) is 10.9 Å². The highest BCUT2D eigenvalue weighted by molar-refractivity contribution is 5.99. The number of rotatable bonds is 4. The van der Waals surface area contributed by atoms with Crippen LogP contribution in [-0.4, -0.2) is 55.3 Å². The molecule has 4 heterocycles. The lowest BCUT2D eigenvalue weighted by atomic mass is 10.1. The molecular formula is C39H34F3N5O6. The minimum atomic E-state index is -4.62. The fourth-order valence-corrected chi connectivity index (χ4v) is 5.59. The summed E-state index contributed by atoms with van der Waals surface area (Å²) in [5, 5.41) is 21.1. The second kappa shape index (κ2) is 14.5. The molecule has 272 valence electrons. The van der Waals surface area contributed by atoms with Crippen LogP contribution < -0.4 is 4.74 Å². The van der Waals surface area contributed by atoms with E-state index in [1.54, 1.807) is 37.4 Å². The number of phenols is 2. The van der Waals surface area contributed by atoms with Gasteiger partial charge in [-0.2, -0.15) is 13.2 Å². The van der Waals surface area contributed by atoms with Crippen LogP contribution in [0.5, 0.6) is 17.2 Å². The number of alkyl halides is 3. The SMILES string of the molecule is C.C.COC(=O)c1ccc2nc(-c3ccc(O)c4nc(C(F)(F)F)ccc34)[nH]c2c1.COc1ccc2oc(-c3ccc(O)c4nc(C)ccc34)nc2c1. The Morgan fingerprint density at radius 2 is 1.43 bits per heavy atom. The zero-order chi connectivity index (χ0) is 36.0. The van der Waals surface area contributed by atoms with Crippen molar-refractivity contribution in [2.24, 2.45) is 0 Å². The summed E-state index contributed by atoms with van der Waals surface area (Å²) < 4.78 is 54.6. The molecule has 0 fully saturated rings. The number of carbonyl (C=O) groups is 1. The highest BCUT2D eigenvalue weighted by Crippen LogP contribution is 2.37. The van der Waals surface area contributed by atoms with Crippen LogP contribution in [0, 0.1) is 6.92 Å². The number of fused-ring (bicyclic) bond motifs is 4. The van der Waals surface area contributed by atoms with Crippen LogP contribution in [0.25, 0.3) is 66.8 Å². The molecule has 4 aromatic heterocycles. The largest absolute Gasteiger partial charge is 0.506 e. The number of oxazole rings is 1. The Kier molecular flexibility index (Phi) is 10.3. The summed E-state index contributed by atoms with van der Waals surface area (Å²) in [6.45, 7) is 1.89. The van der Waals surface area contributed by atoms with Gasteiger partial charge in [0.2, 0.25) is 5.89 Å². The Morgan fingerprint density at radius 3 is 2.13 bits per heavy atom. The molecule has 0 spiro atoms. The number of aryl methyl sites for hydroxylation is 1. The van der Waals surface area contributed by atoms with Crippen molar-refractivity contribution in [3.8, 4) is 40.1 Å². The van der Waals surface area contributed by atoms with E-state index in [4.69, 9.17) is 9.15 Å². The van der Waals surface area contributed by atoms with Crippen molar-refractivity contribution >= 4 is 49.9 Å². The van der Waals surface area contributed by atoms with E-state index in [0.29, 0.717) is 50.4 Å². The molecule has 0 aliphatic rings. The summed E-state index contributed by atoms with van der Waals surface area (Å²) in [5.74, 6) is 0.855. The van der Waals surface area contributed by atoms with Gasteiger partial charge in [0.25, 0.3) is 0 Å². The first-order valence-corrected chi connectivity index (χ1v) is 15.3. The Balaban J connectivity index is 0.000000200. The Morgan fingerprint density at radius 1 is 0.755 bits per heavy atom. The van der Waals surface area contributed by atoms with Crippen LogP contribution in [0.2, 0.25) is 0 Å². The Bertz CT molecular complexity index is 2630. The number of hydrogen-bond donors (Lipinski definition) is 3. The van der Waals surface area contributed by atoms with Gasteiger partial charge in [0.15, 0.2) is 5.58 Å². The number of aromatic amines is 1. The minimum absolute atomic E-state index is 0. The quantitative estimate of drug-likeness (QED) is 0.149. The van der Waals surface area contributed by atoms with E-state index in [1.165, 1.54) is 25.3 Å². The average Bonchev–Trinajstić information content (AvgIpc) is 3.75. The first kappa shape index (κ1) is 37.6. The van der Waals surface area contributed by atoms with Gasteiger partial charge in [-0.25, -0.2) is 24.7 Å². The number of methoxy groups -OCH3 is 2. The summed E-state index contributed by atoms with van der Waals surface area (Å²) in [5.41, 5.74) is 4.21. The van der Waals surface area contributed by atoms with Crippen molar-refractivity contribution in [1.82, 2.24) is 24.9 Å². The summed E-state index contributed by atoms with van der Waals surface area (Å²) >= 11 is 0. The van der Waals surface area contributed by atoms with Crippen LogP contribution >= 0.6 is 0 Å². The second-order valence-corrected chi connectivity index (χ2v) is 11.4. The van der Waals surface area contributed by atoms with Crippen LogP contribution in [0.15, 0.2) is 89.3 Å². The van der Waals surface area contributed by atoms with Crippen molar-refractivity contribution < 1.29 is 42.1 Å². The number of nitrogens with one attached hydrogen (secondary N) is 1. The number of aromatic nitrogens is 5. The Hall–Kier alpha value is -6.70. The molecule has 4 aromatic carbocycles. The lowest BCUT2D eigenvalue weighted by molar-refractivity contribution is -0.140. The van der Waals surface area contributed by atoms with Crippen molar-refractivity contribution in [3.63, 3.8) is 0 Å². The monoisotopic (exact) mass is 725 g/mol. The molecule has 8 aromatic rings. The van der Waals surface area contributed by atoms with Gasteiger partial charge in [0.1, 0.15) is 45.3 Å². The molecular weight excluding hydrogens is 691 g/mol. The molecule has 3 N–H and O–H groups in total. The van der Waals surface area contributed by atoms with E-state index in [9.17, 15) is 28.2 Å². The smallest absolute Gasteiger partial charge is 0.433 e. The molecule has 0 unspecified atom stereocenters. The second-order valence-electron chi connectivity index (χ2n) is 11.4. The molecule has 14 heteroatoms. The molecule has 0 amide bonds. The highest BCUT2D eigenvalue weighted by atomic mass is 19.4. The summed E-state index contributed by atoms with van der Waals surface area (Å²) in [6, 6.07) is 22.4. The number of carbonyl (C=O) groups excluding carboxylic acids is 1. The normalized spacial score (nSPS) is 11.1. The predicted molar refractivity (Wildman–Crippen MR) is 196 cm³/mol. The van der Waals surface area contributed by atoms with Crippen molar-refractivity contribution in [2.45, 2.75) is 28.0 Å². The number of halogens is 3. The molecule has 53 heavy (non-hydrogen) atoms. The third-order valence-electron chi connectivity index (χ3n) is 8.08. The lowest BCUT2D eigenvalue weighted by Crippen LogP contribution is -2.07. The fourth-order valence-electron chi connectivity index (χ4n) is 5.59. The maximum atomic E-state index is 12.9. The maximum Gasteiger partial charge on any atom is 0.433 e. The lowest BCUT2D eigenvalue weighted by Gasteiger charge is -2.09. The van der Waals surface area contributed by atoms with E-state index in [-0.39, 0.29) is 31.9 Å². The van der Waals surface area contributed by atoms with Crippen LogP contribution in [0.3, 0.4) is 0 Å². The van der Waals surface area contributed by atoms with E-state index in [2.05, 4.69) is 29.7 Å². The number of nitrogens with zero attached hydrogens (tertiary/aromatic N) is 4. The van der Waals surface area contributed by atoms with Gasteiger partial charge >= 0.3 is 12.1 Å². The third-order valence-corrected chi connectivity index (χ3v) is 8.08. The number of benzene rings is 4. The number of aromatic hydroxyl groups is 2. The van der Waals surface area contributed by atoms with Gasteiger partial charge in [-0.1, -0.05) is 20.9 Å². The summed E-state index contributed by atoms with van der Waals surface area (Å²) in [7, 11) is 2.89. The molecule has 11 nitrogen and oxygen atoms in total. The van der Waals surface area contributed by atoms with Gasteiger partial charge in [-0.05, 0) is 79.7 Å². The van der Waals surface area contributed by atoms with Crippen LogP contribution in [0.4, 0.5) is 13.2 Å². The Labute approximate surface area is 300 Å². The first-order chi connectivity index (χ1) is 24.4. The molecule has 0 saturated heterocycles. The first-order valence-electron chi connectivity index (χ1n) is 15.3. The standard InChI is InChI=1S/C19H12F3N3O3.C18H14N2O3.2CH4/c1-28-18(27)9-2-5-12-13(8-9)24-17(23-12)11-3-6-14(26)16-10(11)4-7-15(25-16)19(20,21)22;1-10-3-5-12-13(6-7-15(21)17(12)19-10)18-20-14-9-11(22-2)4-8-16(14)23-18;;/h2-8,26H,1H3,(H,23,24);3-9,21H,1-2H3;2*1H4. The summed E-state index contributed by atoms with van der Waals surface area (Å²) in [4.78, 5) is 31.6. The number of imidazole rings is 1. The highest BCUT2D eigenvalue weighted by Gasteiger charge is 2.33. The molecule has 8 rings (SSSR count).